The van der Waals surface area contributed by atoms with Crippen molar-refractivity contribution in [2.45, 2.75) is 13.0 Å². The third-order valence-electron chi connectivity index (χ3n) is 5.41. The van der Waals surface area contributed by atoms with Crippen LogP contribution in [0.25, 0.3) is 12.2 Å². The molecule has 1 N–H and O–H groups in total. The van der Waals surface area contributed by atoms with Crippen molar-refractivity contribution in [1.29, 1.82) is 0 Å². The third-order valence-corrected chi connectivity index (χ3v) is 5.41. The van der Waals surface area contributed by atoms with Gasteiger partial charge in [-0.05, 0) is 47.6 Å². The molecule has 8 heteroatoms. The van der Waals surface area contributed by atoms with E-state index in [4.69, 9.17) is 14.2 Å². The SMILES string of the molecule is COc1cc(C=CC(=O)CC(=O)C=Cc2ccc(C(=O)C=O)c(OC)c2OCc2ccccc2)ccc1O. The topological polar surface area (TPSA) is 116 Å². The quantitative estimate of drug-likeness (QED) is 0.115. The Hall–Kier alpha value is -4.98. The van der Waals surface area contributed by atoms with Gasteiger partial charge in [-0.15, -0.1) is 0 Å². The Kier molecular flexibility index (Phi) is 9.71. The first-order valence-electron chi connectivity index (χ1n) is 11.5. The number of ether oxygens (including phenoxy) is 3. The molecule has 0 aliphatic rings. The van der Waals surface area contributed by atoms with Crippen LogP contribution in [-0.2, 0) is 21.0 Å². The van der Waals surface area contributed by atoms with Crippen LogP contribution < -0.4 is 14.2 Å². The third kappa shape index (κ3) is 7.27. The summed E-state index contributed by atoms with van der Waals surface area (Å²) in [5.41, 5.74) is 1.93. The van der Waals surface area contributed by atoms with Gasteiger partial charge in [-0.1, -0.05) is 48.5 Å². The lowest BCUT2D eigenvalue weighted by molar-refractivity contribution is -0.121. The van der Waals surface area contributed by atoms with Crippen molar-refractivity contribution >= 4 is 35.8 Å². The number of aldehydes is 1. The molecule has 38 heavy (non-hydrogen) atoms. The number of rotatable bonds is 13. The minimum Gasteiger partial charge on any atom is -0.504 e. The van der Waals surface area contributed by atoms with Crippen LogP contribution in [0.2, 0.25) is 0 Å². The zero-order valence-electron chi connectivity index (χ0n) is 20.9. The number of allylic oxidation sites excluding steroid dienone is 2. The van der Waals surface area contributed by atoms with Crippen molar-refractivity contribution in [3.05, 3.63) is 95.1 Å². The number of hydrogen-bond donors (Lipinski definition) is 1. The van der Waals surface area contributed by atoms with E-state index in [1.807, 2.05) is 30.3 Å². The van der Waals surface area contributed by atoms with Crippen LogP contribution in [0.3, 0.4) is 0 Å². The smallest absolute Gasteiger partial charge is 0.229 e. The number of hydrogen-bond acceptors (Lipinski definition) is 8. The number of phenols is 1. The number of benzene rings is 3. The van der Waals surface area contributed by atoms with Gasteiger partial charge in [0.15, 0.2) is 40.9 Å². The van der Waals surface area contributed by atoms with E-state index in [1.54, 1.807) is 12.1 Å². The molecule has 0 radical (unpaired) electrons. The molecule has 0 atom stereocenters. The van der Waals surface area contributed by atoms with Crippen LogP contribution in [0.15, 0.2) is 72.8 Å². The number of carbonyl (C=O) groups excluding carboxylic acids is 4. The molecule has 8 nitrogen and oxygen atoms in total. The lowest BCUT2D eigenvalue weighted by Crippen LogP contribution is -2.07. The van der Waals surface area contributed by atoms with Gasteiger partial charge in [-0.2, -0.15) is 0 Å². The lowest BCUT2D eigenvalue weighted by Gasteiger charge is -2.16. The van der Waals surface area contributed by atoms with E-state index < -0.39 is 17.3 Å². The van der Waals surface area contributed by atoms with E-state index in [1.165, 1.54) is 56.7 Å². The van der Waals surface area contributed by atoms with Crippen molar-refractivity contribution in [3.8, 4) is 23.0 Å². The molecule has 3 aromatic carbocycles. The minimum absolute atomic E-state index is 0.0244. The van der Waals surface area contributed by atoms with E-state index in [9.17, 15) is 24.3 Å². The van der Waals surface area contributed by atoms with Crippen molar-refractivity contribution in [2.75, 3.05) is 14.2 Å². The summed E-state index contributed by atoms with van der Waals surface area (Å²) in [5.74, 6) is -1.16. The second-order valence-electron chi connectivity index (χ2n) is 8.03. The van der Waals surface area contributed by atoms with Crippen molar-refractivity contribution in [1.82, 2.24) is 0 Å². The molecular weight excluding hydrogens is 488 g/mol. The summed E-state index contributed by atoms with van der Waals surface area (Å²) in [6.45, 7) is 0.149. The van der Waals surface area contributed by atoms with Crippen molar-refractivity contribution in [2.24, 2.45) is 0 Å². The Balaban J connectivity index is 1.78. The van der Waals surface area contributed by atoms with Crippen LogP contribution in [-0.4, -0.2) is 43.0 Å². The number of aromatic hydroxyl groups is 1. The fourth-order valence-electron chi connectivity index (χ4n) is 3.51. The summed E-state index contributed by atoms with van der Waals surface area (Å²) in [7, 11) is 2.76. The summed E-state index contributed by atoms with van der Waals surface area (Å²) in [5, 5.41) is 9.67. The first-order chi connectivity index (χ1) is 18.4. The number of carbonyl (C=O) groups is 4. The highest BCUT2D eigenvalue weighted by molar-refractivity contribution is 6.34. The zero-order valence-corrected chi connectivity index (χ0v) is 20.9. The second kappa shape index (κ2) is 13.4. The lowest BCUT2D eigenvalue weighted by atomic mass is 10.0. The van der Waals surface area contributed by atoms with Gasteiger partial charge in [0, 0.05) is 5.56 Å². The predicted octanol–water partition coefficient (Wildman–Crippen LogP) is 4.62. The average Bonchev–Trinajstić information content (AvgIpc) is 2.94. The average molecular weight is 515 g/mol. The summed E-state index contributed by atoms with van der Waals surface area (Å²) >= 11 is 0. The largest absolute Gasteiger partial charge is 0.504 e. The van der Waals surface area contributed by atoms with E-state index in [0.717, 1.165) is 5.56 Å². The monoisotopic (exact) mass is 514 g/mol. The molecule has 0 aromatic heterocycles. The molecule has 3 aromatic rings. The summed E-state index contributed by atoms with van der Waals surface area (Å²) in [6.07, 6.45) is 5.30. The zero-order chi connectivity index (χ0) is 27.5. The molecule has 194 valence electrons. The first-order valence-corrected chi connectivity index (χ1v) is 11.5. The standard InChI is InChI=1S/C30H26O8/c1-36-28-16-20(9-15-26(28)34)8-12-23(32)17-24(33)13-10-22-11-14-25(27(35)18-31)30(37-2)29(22)38-19-21-6-4-3-5-7-21/h3-16,18,34H,17,19H2,1-2H3. The summed E-state index contributed by atoms with van der Waals surface area (Å²) < 4.78 is 16.4. The van der Waals surface area contributed by atoms with E-state index in [0.29, 0.717) is 11.1 Å². The van der Waals surface area contributed by atoms with Crippen LogP contribution in [0.5, 0.6) is 23.0 Å². The molecule has 0 spiro atoms. The Labute approximate surface area is 219 Å². The van der Waals surface area contributed by atoms with E-state index >= 15 is 0 Å². The molecule has 0 unspecified atom stereocenters. The fourth-order valence-corrected chi connectivity index (χ4v) is 3.51. The summed E-state index contributed by atoms with van der Waals surface area (Å²) in [6, 6.07) is 16.8. The maximum absolute atomic E-state index is 12.5. The molecule has 0 saturated carbocycles. The highest BCUT2D eigenvalue weighted by Gasteiger charge is 2.19. The molecule has 0 bridgehead atoms. The molecule has 0 heterocycles. The van der Waals surface area contributed by atoms with Gasteiger partial charge < -0.3 is 19.3 Å². The van der Waals surface area contributed by atoms with Crippen LogP contribution >= 0.6 is 0 Å². The minimum atomic E-state index is -0.776. The van der Waals surface area contributed by atoms with Crippen molar-refractivity contribution < 1.29 is 38.5 Å². The van der Waals surface area contributed by atoms with Crippen LogP contribution in [0.4, 0.5) is 0 Å². The van der Waals surface area contributed by atoms with Crippen LogP contribution in [0.1, 0.15) is 33.5 Å². The van der Waals surface area contributed by atoms with Gasteiger partial charge >= 0.3 is 0 Å². The summed E-state index contributed by atoms with van der Waals surface area (Å²) in [4.78, 5) is 48.0. The number of methoxy groups -OCH3 is 2. The van der Waals surface area contributed by atoms with Crippen molar-refractivity contribution in [3.63, 3.8) is 0 Å². The van der Waals surface area contributed by atoms with Crippen LogP contribution in [0, 0.1) is 0 Å². The van der Waals surface area contributed by atoms with E-state index in [-0.39, 0.29) is 47.9 Å². The maximum atomic E-state index is 12.5. The molecule has 0 saturated heterocycles. The second-order valence-corrected chi connectivity index (χ2v) is 8.03. The molecular formula is C30H26O8. The van der Waals surface area contributed by atoms with Gasteiger partial charge in [0.1, 0.15) is 6.61 Å². The number of phenolic OH excluding ortho intramolecular Hbond substituents is 1. The Bertz CT molecular complexity index is 1390. The Morgan fingerprint density at radius 2 is 1.55 bits per heavy atom. The van der Waals surface area contributed by atoms with Gasteiger partial charge in [-0.25, -0.2) is 0 Å². The molecule has 0 fully saturated rings. The highest BCUT2D eigenvalue weighted by Crippen LogP contribution is 2.36. The highest BCUT2D eigenvalue weighted by atomic mass is 16.5. The normalized spacial score (nSPS) is 10.9. The van der Waals surface area contributed by atoms with Gasteiger partial charge in [0.25, 0.3) is 0 Å². The maximum Gasteiger partial charge on any atom is 0.229 e. The molecule has 0 aliphatic heterocycles. The molecule has 0 aliphatic carbocycles. The molecule has 0 amide bonds. The number of Topliss-reactive ketones (excluding diaryl/α,β-unsaturated/α-hetero) is 1. The Morgan fingerprint density at radius 1 is 0.842 bits per heavy atom. The Morgan fingerprint density at radius 3 is 2.21 bits per heavy atom. The predicted molar refractivity (Wildman–Crippen MR) is 142 cm³/mol. The van der Waals surface area contributed by atoms with E-state index in [2.05, 4.69) is 0 Å². The first kappa shape index (κ1) is 27.6. The van der Waals surface area contributed by atoms with Gasteiger partial charge in [0.05, 0.1) is 26.2 Å². The molecule has 3 rings (SSSR count). The number of ketones is 3. The van der Waals surface area contributed by atoms with Gasteiger partial charge in [0.2, 0.25) is 5.78 Å². The van der Waals surface area contributed by atoms with Gasteiger partial charge in [-0.3, -0.25) is 19.2 Å². The fraction of sp³-hybridized carbons (Fsp3) is 0.133.